The lowest BCUT2D eigenvalue weighted by Crippen LogP contribution is -2.03. The van der Waals surface area contributed by atoms with Gasteiger partial charge in [0.05, 0.1) is 17.4 Å². The highest BCUT2D eigenvalue weighted by atomic mass is 127. The van der Waals surface area contributed by atoms with E-state index in [1.807, 2.05) is 52.9 Å². The van der Waals surface area contributed by atoms with Crippen molar-refractivity contribution in [1.82, 2.24) is 9.78 Å². The molecular weight excluding hydrogens is 382 g/mol. The van der Waals surface area contributed by atoms with Crippen molar-refractivity contribution in [3.05, 3.63) is 81.4 Å². The van der Waals surface area contributed by atoms with Gasteiger partial charge in [0.2, 0.25) is 0 Å². The average molecular weight is 392 g/mol. The van der Waals surface area contributed by atoms with Crippen LogP contribution in [0.5, 0.6) is 0 Å². The Kier molecular flexibility index (Phi) is 3.83. The number of benzene rings is 2. The number of hydrogen-bond acceptors (Lipinski definition) is 2. The molecule has 0 atom stereocenters. The van der Waals surface area contributed by atoms with E-state index in [9.17, 15) is 9.18 Å². The molecule has 0 N–H and O–H groups in total. The van der Waals surface area contributed by atoms with Gasteiger partial charge < -0.3 is 0 Å². The van der Waals surface area contributed by atoms with Gasteiger partial charge in [-0.3, -0.25) is 4.79 Å². The molecule has 0 aliphatic heterocycles. The first-order chi connectivity index (χ1) is 10.1. The molecule has 0 saturated carbocycles. The maximum Gasteiger partial charge on any atom is 0.197 e. The van der Waals surface area contributed by atoms with Crippen LogP contribution in [0.25, 0.3) is 5.69 Å². The molecule has 0 bridgehead atoms. The first-order valence-electron chi connectivity index (χ1n) is 6.25. The molecule has 0 fully saturated rings. The zero-order valence-electron chi connectivity index (χ0n) is 10.8. The second-order valence-electron chi connectivity index (χ2n) is 4.46. The lowest BCUT2D eigenvalue weighted by Gasteiger charge is -2.02. The van der Waals surface area contributed by atoms with Crippen molar-refractivity contribution in [2.75, 3.05) is 0 Å². The molecule has 104 valence electrons. The molecule has 3 rings (SSSR count). The highest BCUT2D eigenvalue weighted by Gasteiger charge is 2.15. The van der Waals surface area contributed by atoms with Gasteiger partial charge in [0.1, 0.15) is 5.82 Å². The smallest absolute Gasteiger partial charge is 0.197 e. The largest absolute Gasteiger partial charge is 0.288 e. The number of carbonyl (C=O) groups excluding carboxylic acids is 1. The molecule has 21 heavy (non-hydrogen) atoms. The molecule has 5 heteroatoms. The van der Waals surface area contributed by atoms with Crippen LogP contribution in [0.4, 0.5) is 4.39 Å². The first-order valence-corrected chi connectivity index (χ1v) is 7.33. The van der Waals surface area contributed by atoms with Crippen LogP contribution in [0.2, 0.25) is 0 Å². The van der Waals surface area contributed by atoms with Crippen molar-refractivity contribution in [1.29, 1.82) is 0 Å². The molecule has 3 aromatic rings. The van der Waals surface area contributed by atoms with Crippen LogP contribution >= 0.6 is 22.6 Å². The molecule has 1 aromatic heterocycles. The van der Waals surface area contributed by atoms with Crippen molar-refractivity contribution in [2.24, 2.45) is 0 Å². The summed E-state index contributed by atoms with van der Waals surface area (Å²) in [5.74, 6) is -0.516. The van der Waals surface area contributed by atoms with Crippen LogP contribution in [-0.2, 0) is 0 Å². The Morgan fingerprint density at radius 3 is 2.62 bits per heavy atom. The van der Waals surface area contributed by atoms with E-state index in [1.54, 1.807) is 10.9 Å². The van der Waals surface area contributed by atoms with E-state index in [-0.39, 0.29) is 11.6 Å². The van der Waals surface area contributed by atoms with Crippen molar-refractivity contribution in [3.8, 4) is 5.69 Å². The van der Waals surface area contributed by atoms with Crippen LogP contribution < -0.4 is 0 Å². The van der Waals surface area contributed by atoms with Gasteiger partial charge in [0.25, 0.3) is 0 Å². The van der Waals surface area contributed by atoms with E-state index >= 15 is 0 Å². The molecule has 0 unspecified atom stereocenters. The number of para-hydroxylation sites is 1. The molecule has 2 aromatic carbocycles. The number of halogens is 2. The van der Waals surface area contributed by atoms with Crippen LogP contribution in [0.3, 0.4) is 0 Å². The minimum absolute atomic E-state index is 0.165. The monoisotopic (exact) mass is 392 g/mol. The Morgan fingerprint density at radius 1 is 1.14 bits per heavy atom. The summed E-state index contributed by atoms with van der Waals surface area (Å²) in [5.41, 5.74) is 1.83. The van der Waals surface area contributed by atoms with Gasteiger partial charge in [-0.15, -0.1) is 0 Å². The third-order valence-electron chi connectivity index (χ3n) is 3.04. The third-order valence-corrected chi connectivity index (χ3v) is 3.93. The summed E-state index contributed by atoms with van der Waals surface area (Å²) in [4.78, 5) is 12.4. The predicted molar refractivity (Wildman–Crippen MR) is 86.1 cm³/mol. The van der Waals surface area contributed by atoms with Gasteiger partial charge in [0, 0.05) is 15.3 Å². The molecule has 3 nitrogen and oxygen atoms in total. The van der Waals surface area contributed by atoms with E-state index in [2.05, 4.69) is 5.10 Å². The van der Waals surface area contributed by atoms with E-state index in [1.165, 1.54) is 24.4 Å². The normalized spacial score (nSPS) is 10.6. The summed E-state index contributed by atoms with van der Waals surface area (Å²) < 4.78 is 15.3. The van der Waals surface area contributed by atoms with Crippen molar-refractivity contribution in [2.45, 2.75) is 0 Å². The Morgan fingerprint density at radius 2 is 1.90 bits per heavy atom. The number of rotatable bonds is 3. The molecule has 0 radical (unpaired) electrons. The lowest BCUT2D eigenvalue weighted by molar-refractivity contribution is 0.103. The highest BCUT2D eigenvalue weighted by molar-refractivity contribution is 14.1. The fourth-order valence-electron chi connectivity index (χ4n) is 1.99. The number of carbonyl (C=O) groups is 1. The zero-order valence-corrected chi connectivity index (χ0v) is 13.0. The number of nitrogens with zero attached hydrogens (tertiary/aromatic N) is 2. The Balaban J connectivity index is 1.94. The van der Waals surface area contributed by atoms with E-state index in [0.717, 1.165) is 5.69 Å². The highest BCUT2D eigenvalue weighted by Crippen LogP contribution is 2.18. The van der Waals surface area contributed by atoms with Crippen molar-refractivity contribution < 1.29 is 9.18 Å². The van der Waals surface area contributed by atoms with E-state index < -0.39 is 0 Å². The molecule has 1 heterocycles. The van der Waals surface area contributed by atoms with Gasteiger partial charge in [-0.05, 0) is 52.9 Å². The minimum atomic E-state index is -0.351. The first kappa shape index (κ1) is 13.9. The predicted octanol–water partition coefficient (Wildman–Crippen LogP) is 3.85. The van der Waals surface area contributed by atoms with E-state index in [0.29, 0.717) is 14.7 Å². The van der Waals surface area contributed by atoms with Gasteiger partial charge >= 0.3 is 0 Å². The average Bonchev–Trinajstić information content (AvgIpc) is 2.97. The molecule has 0 aliphatic rings. The lowest BCUT2D eigenvalue weighted by atomic mass is 10.1. The second kappa shape index (κ2) is 5.77. The summed E-state index contributed by atoms with van der Waals surface area (Å²) in [5, 5.41) is 4.20. The van der Waals surface area contributed by atoms with Crippen LogP contribution in [0, 0.1) is 9.39 Å². The van der Waals surface area contributed by atoms with Crippen molar-refractivity contribution in [3.63, 3.8) is 0 Å². The quantitative estimate of drug-likeness (QED) is 0.502. The molecule has 0 amide bonds. The van der Waals surface area contributed by atoms with Crippen LogP contribution in [-0.4, -0.2) is 15.6 Å². The summed E-state index contributed by atoms with van der Waals surface area (Å²) in [6.45, 7) is 0. The Hall–Kier alpha value is -2.02. The fraction of sp³-hybridized carbons (Fsp3) is 0. The topological polar surface area (TPSA) is 34.9 Å². The second-order valence-corrected chi connectivity index (χ2v) is 5.62. The minimum Gasteiger partial charge on any atom is -0.288 e. The van der Waals surface area contributed by atoms with Gasteiger partial charge in [-0.1, -0.05) is 18.2 Å². The number of ketones is 1. The summed E-state index contributed by atoms with van der Waals surface area (Å²) in [6.07, 6.45) is 3.20. The maximum absolute atomic E-state index is 13.1. The van der Waals surface area contributed by atoms with Crippen LogP contribution in [0.1, 0.15) is 15.9 Å². The molecule has 0 saturated heterocycles. The standard InChI is InChI=1S/C16H10FIN2O/c17-12-6-7-14(15(18)8-12)16(21)11-9-19-20(10-11)13-4-2-1-3-5-13/h1-10H. The summed E-state index contributed by atoms with van der Waals surface area (Å²) >= 11 is 1.96. The Bertz CT molecular complexity index is 799. The van der Waals surface area contributed by atoms with Gasteiger partial charge in [-0.2, -0.15) is 5.10 Å². The van der Waals surface area contributed by atoms with E-state index in [4.69, 9.17) is 0 Å². The Labute approximate surface area is 134 Å². The number of aromatic nitrogens is 2. The SMILES string of the molecule is O=C(c1cnn(-c2ccccc2)c1)c1ccc(F)cc1I. The van der Waals surface area contributed by atoms with Crippen LogP contribution in [0.15, 0.2) is 60.9 Å². The molecule has 0 aliphatic carbocycles. The zero-order chi connectivity index (χ0) is 14.8. The third kappa shape index (κ3) is 2.87. The van der Waals surface area contributed by atoms with Gasteiger partial charge in [-0.25, -0.2) is 9.07 Å². The molecular formula is C16H10FIN2O. The summed E-state index contributed by atoms with van der Waals surface area (Å²) in [7, 11) is 0. The summed E-state index contributed by atoms with van der Waals surface area (Å²) in [6, 6.07) is 13.7. The van der Waals surface area contributed by atoms with Gasteiger partial charge in [0.15, 0.2) is 5.78 Å². The fourth-order valence-corrected chi connectivity index (χ4v) is 2.71. The van der Waals surface area contributed by atoms with Crippen molar-refractivity contribution >= 4 is 28.4 Å². The molecule has 0 spiro atoms. The maximum atomic E-state index is 13.1. The number of hydrogen-bond donors (Lipinski definition) is 0.